The fourth-order valence-electron chi connectivity index (χ4n) is 2.65. The van der Waals surface area contributed by atoms with E-state index in [2.05, 4.69) is 29.3 Å². The molecule has 7 heteroatoms. The molecule has 6 nitrogen and oxygen atoms in total. The predicted octanol–water partition coefficient (Wildman–Crippen LogP) is 4.34. The van der Waals surface area contributed by atoms with Crippen LogP contribution in [0.5, 0.6) is 0 Å². The molecule has 3 aromatic rings. The maximum atomic E-state index is 12.3. The Kier molecular flexibility index (Phi) is 6.24. The molecule has 1 aromatic carbocycles. The van der Waals surface area contributed by atoms with Crippen molar-refractivity contribution >= 4 is 17.4 Å². The molecule has 0 fully saturated rings. The number of thiazole rings is 1. The third-order valence-electron chi connectivity index (χ3n) is 3.95. The van der Waals surface area contributed by atoms with Crippen molar-refractivity contribution in [3.8, 4) is 10.6 Å². The zero-order valence-corrected chi connectivity index (χ0v) is 16.6. The third kappa shape index (κ3) is 5.40. The largest absolute Gasteiger partial charge is 0.359 e. The van der Waals surface area contributed by atoms with Crippen LogP contribution in [0.25, 0.3) is 10.6 Å². The Morgan fingerprint density at radius 1 is 1.30 bits per heavy atom. The lowest BCUT2D eigenvalue weighted by Crippen LogP contribution is -2.36. The molecular weight excluding hydrogens is 360 g/mol. The first-order chi connectivity index (χ1) is 13.0. The van der Waals surface area contributed by atoms with Crippen molar-refractivity contribution < 1.29 is 9.32 Å². The summed E-state index contributed by atoms with van der Waals surface area (Å²) >= 11 is 1.59. The van der Waals surface area contributed by atoms with Crippen molar-refractivity contribution in [2.24, 2.45) is 5.92 Å². The Hall–Kier alpha value is -2.67. The summed E-state index contributed by atoms with van der Waals surface area (Å²) < 4.78 is 5.28. The fourth-order valence-corrected chi connectivity index (χ4v) is 3.62. The average Bonchev–Trinajstić information content (AvgIpc) is 3.29. The summed E-state index contributed by atoms with van der Waals surface area (Å²) in [7, 11) is 1.77. The van der Waals surface area contributed by atoms with Gasteiger partial charge in [0.25, 0.3) is 0 Å². The minimum atomic E-state index is -0.161. The van der Waals surface area contributed by atoms with E-state index in [0.29, 0.717) is 24.8 Å². The monoisotopic (exact) mass is 384 g/mol. The molecule has 2 amide bonds. The molecule has 142 valence electrons. The standard InChI is InChI=1S/C20H24N4O2S/c1-14(2)9-16-10-17(26-23-16)11-22-20(25)24(3)13-18-12-21-19(27-18)15-7-5-4-6-8-15/h4-8,10,12,14H,9,11,13H2,1-3H3,(H,22,25). The smallest absolute Gasteiger partial charge is 0.317 e. The molecule has 0 aliphatic carbocycles. The van der Waals surface area contributed by atoms with E-state index < -0.39 is 0 Å². The van der Waals surface area contributed by atoms with E-state index >= 15 is 0 Å². The van der Waals surface area contributed by atoms with Crippen LogP contribution in [0.1, 0.15) is 30.2 Å². The molecule has 2 heterocycles. The van der Waals surface area contributed by atoms with E-state index in [0.717, 1.165) is 27.6 Å². The maximum absolute atomic E-state index is 12.3. The summed E-state index contributed by atoms with van der Waals surface area (Å²) in [6.07, 6.45) is 2.69. The van der Waals surface area contributed by atoms with E-state index in [9.17, 15) is 4.79 Å². The zero-order chi connectivity index (χ0) is 19.2. The molecule has 3 rings (SSSR count). The molecule has 0 aliphatic rings. The lowest BCUT2D eigenvalue weighted by Gasteiger charge is -2.16. The molecule has 0 spiro atoms. The molecule has 27 heavy (non-hydrogen) atoms. The molecule has 0 radical (unpaired) electrons. The third-order valence-corrected chi connectivity index (χ3v) is 4.98. The number of nitrogens with one attached hydrogen (secondary N) is 1. The number of amides is 2. The summed E-state index contributed by atoms with van der Waals surface area (Å²) in [6, 6.07) is 11.8. The molecule has 2 aromatic heterocycles. The first-order valence-electron chi connectivity index (χ1n) is 8.95. The van der Waals surface area contributed by atoms with Gasteiger partial charge in [-0.2, -0.15) is 0 Å². The number of aromatic nitrogens is 2. The summed E-state index contributed by atoms with van der Waals surface area (Å²) in [5, 5.41) is 7.85. The highest BCUT2D eigenvalue weighted by Crippen LogP contribution is 2.25. The molecule has 1 N–H and O–H groups in total. The van der Waals surface area contributed by atoms with Crippen LogP contribution in [-0.4, -0.2) is 28.1 Å². The van der Waals surface area contributed by atoms with Gasteiger partial charge in [0.1, 0.15) is 5.01 Å². The van der Waals surface area contributed by atoms with Crippen LogP contribution in [0.15, 0.2) is 47.1 Å². The first-order valence-corrected chi connectivity index (χ1v) is 9.76. The molecule has 0 bridgehead atoms. The van der Waals surface area contributed by atoms with Crippen molar-refractivity contribution in [3.05, 3.63) is 58.9 Å². The molecule has 0 saturated heterocycles. The number of hydrogen-bond acceptors (Lipinski definition) is 5. The molecule has 0 unspecified atom stereocenters. The van der Waals surface area contributed by atoms with Gasteiger partial charge in [0.15, 0.2) is 5.76 Å². The van der Waals surface area contributed by atoms with Crippen LogP contribution < -0.4 is 5.32 Å². The van der Waals surface area contributed by atoms with Gasteiger partial charge in [-0.05, 0) is 12.3 Å². The predicted molar refractivity (Wildman–Crippen MR) is 106 cm³/mol. The fraction of sp³-hybridized carbons (Fsp3) is 0.350. The van der Waals surface area contributed by atoms with Crippen LogP contribution >= 0.6 is 11.3 Å². The van der Waals surface area contributed by atoms with E-state index in [1.807, 2.05) is 42.6 Å². The van der Waals surface area contributed by atoms with Crippen LogP contribution in [0.3, 0.4) is 0 Å². The quantitative estimate of drug-likeness (QED) is 0.658. The van der Waals surface area contributed by atoms with E-state index in [1.54, 1.807) is 23.3 Å². The minimum Gasteiger partial charge on any atom is -0.359 e. The van der Waals surface area contributed by atoms with Crippen molar-refractivity contribution in [3.63, 3.8) is 0 Å². The van der Waals surface area contributed by atoms with Crippen LogP contribution in [0, 0.1) is 5.92 Å². The first kappa shape index (κ1) is 19.1. The Balaban J connectivity index is 1.51. The van der Waals surface area contributed by atoms with Gasteiger partial charge in [0, 0.05) is 29.8 Å². The Bertz CT molecular complexity index is 873. The van der Waals surface area contributed by atoms with Crippen molar-refractivity contribution in [1.82, 2.24) is 20.4 Å². The number of benzene rings is 1. The lowest BCUT2D eigenvalue weighted by atomic mass is 10.1. The summed E-state index contributed by atoms with van der Waals surface area (Å²) in [6.45, 7) is 5.10. The van der Waals surface area contributed by atoms with Gasteiger partial charge in [-0.15, -0.1) is 11.3 Å². The van der Waals surface area contributed by atoms with Gasteiger partial charge in [0.05, 0.1) is 18.8 Å². The highest BCUT2D eigenvalue weighted by molar-refractivity contribution is 7.15. The minimum absolute atomic E-state index is 0.161. The maximum Gasteiger partial charge on any atom is 0.317 e. The Morgan fingerprint density at radius 2 is 2.07 bits per heavy atom. The Labute approximate surface area is 163 Å². The number of nitrogens with zero attached hydrogens (tertiary/aromatic N) is 3. The van der Waals surface area contributed by atoms with Crippen molar-refractivity contribution in [2.75, 3.05) is 7.05 Å². The summed E-state index contributed by atoms with van der Waals surface area (Å²) in [5.74, 6) is 1.18. The second-order valence-electron chi connectivity index (χ2n) is 6.90. The number of rotatable bonds is 7. The van der Waals surface area contributed by atoms with E-state index in [1.165, 1.54) is 0 Å². The SMILES string of the molecule is CC(C)Cc1cc(CNC(=O)N(C)Cc2cnc(-c3ccccc3)s2)on1. The molecular formula is C20H24N4O2S. The molecule has 0 aliphatic heterocycles. The highest BCUT2D eigenvalue weighted by atomic mass is 32.1. The van der Waals surface area contributed by atoms with E-state index in [-0.39, 0.29) is 6.03 Å². The van der Waals surface area contributed by atoms with Crippen LogP contribution in [0.2, 0.25) is 0 Å². The van der Waals surface area contributed by atoms with Gasteiger partial charge in [-0.25, -0.2) is 9.78 Å². The topological polar surface area (TPSA) is 71.3 Å². The number of carbonyl (C=O) groups excluding carboxylic acids is 1. The second kappa shape index (κ2) is 8.81. The molecule has 0 saturated carbocycles. The molecule has 0 atom stereocenters. The second-order valence-corrected chi connectivity index (χ2v) is 8.01. The van der Waals surface area contributed by atoms with Crippen LogP contribution in [0.4, 0.5) is 4.79 Å². The summed E-state index contributed by atoms with van der Waals surface area (Å²) in [4.78, 5) is 19.4. The lowest BCUT2D eigenvalue weighted by molar-refractivity contribution is 0.205. The normalized spacial score (nSPS) is 11.0. The van der Waals surface area contributed by atoms with E-state index in [4.69, 9.17) is 4.52 Å². The van der Waals surface area contributed by atoms with Gasteiger partial charge >= 0.3 is 6.03 Å². The van der Waals surface area contributed by atoms with Gasteiger partial charge in [0.2, 0.25) is 0 Å². The number of hydrogen-bond donors (Lipinski definition) is 1. The summed E-state index contributed by atoms with van der Waals surface area (Å²) in [5.41, 5.74) is 2.00. The number of urea groups is 1. The van der Waals surface area contributed by atoms with Crippen molar-refractivity contribution in [1.29, 1.82) is 0 Å². The number of carbonyl (C=O) groups is 1. The van der Waals surface area contributed by atoms with Gasteiger partial charge < -0.3 is 14.7 Å². The Morgan fingerprint density at radius 3 is 2.81 bits per heavy atom. The van der Waals surface area contributed by atoms with Gasteiger partial charge in [-0.3, -0.25) is 0 Å². The van der Waals surface area contributed by atoms with Crippen LogP contribution in [-0.2, 0) is 19.5 Å². The van der Waals surface area contributed by atoms with Gasteiger partial charge in [-0.1, -0.05) is 49.3 Å². The highest BCUT2D eigenvalue weighted by Gasteiger charge is 2.13. The zero-order valence-electron chi connectivity index (χ0n) is 15.8. The average molecular weight is 385 g/mol. The van der Waals surface area contributed by atoms with Crippen molar-refractivity contribution in [2.45, 2.75) is 33.4 Å².